The minimum absolute atomic E-state index is 0.238. The van der Waals surface area contributed by atoms with Crippen LogP contribution in [-0.4, -0.2) is 66.0 Å². The molecule has 2 fully saturated rings. The number of carbonyl (C=O) groups is 1. The van der Waals surface area contributed by atoms with E-state index in [1.54, 1.807) is 11.2 Å². The first kappa shape index (κ1) is 17.9. The van der Waals surface area contributed by atoms with Gasteiger partial charge in [0.2, 0.25) is 0 Å². The second kappa shape index (κ2) is 7.56. The van der Waals surface area contributed by atoms with E-state index in [2.05, 4.69) is 20.9 Å². The van der Waals surface area contributed by atoms with E-state index in [1.165, 1.54) is 0 Å². The number of hydrogen-bond donors (Lipinski definition) is 0. The van der Waals surface area contributed by atoms with Crippen LogP contribution in [0.5, 0.6) is 0 Å². The zero-order valence-corrected chi connectivity index (χ0v) is 15.4. The molecule has 1 aromatic rings. The number of rotatable bonds is 2. The summed E-state index contributed by atoms with van der Waals surface area (Å²) in [5.74, 6) is 1.40. The molecule has 0 N–H and O–H groups in total. The SMILES string of the molecule is CC(C)(C)OC(=O)N1CCN(c2cc(C3CCOCC3)ncn2)CC1. The van der Waals surface area contributed by atoms with Crippen molar-refractivity contribution >= 4 is 11.9 Å². The fraction of sp³-hybridized carbons (Fsp3) is 0.722. The van der Waals surface area contributed by atoms with Crippen molar-refractivity contribution in [1.29, 1.82) is 0 Å². The summed E-state index contributed by atoms with van der Waals surface area (Å²) in [7, 11) is 0. The van der Waals surface area contributed by atoms with Crippen LogP contribution in [0.4, 0.5) is 10.6 Å². The maximum atomic E-state index is 12.2. The summed E-state index contributed by atoms with van der Waals surface area (Å²) in [6.07, 6.45) is 3.45. The van der Waals surface area contributed by atoms with Gasteiger partial charge in [-0.05, 0) is 33.6 Å². The molecule has 1 amide bonds. The van der Waals surface area contributed by atoms with Crippen molar-refractivity contribution < 1.29 is 14.3 Å². The van der Waals surface area contributed by atoms with Crippen LogP contribution < -0.4 is 4.90 Å². The Hall–Kier alpha value is -1.89. The summed E-state index contributed by atoms with van der Waals surface area (Å²) in [4.78, 5) is 25.0. The number of aromatic nitrogens is 2. The monoisotopic (exact) mass is 348 g/mol. The Bertz CT molecular complexity index is 588. The first-order valence-electron chi connectivity index (χ1n) is 9.05. The Labute approximate surface area is 149 Å². The van der Waals surface area contributed by atoms with Crippen molar-refractivity contribution in [2.45, 2.75) is 45.1 Å². The fourth-order valence-electron chi connectivity index (χ4n) is 3.20. The number of amides is 1. The summed E-state index contributed by atoms with van der Waals surface area (Å²) >= 11 is 0. The van der Waals surface area contributed by atoms with Crippen LogP contribution in [0.3, 0.4) is 0 Å². The summed E-state index contributed by atoms with van der Waals surface area (Å²) in [5, 5.41) is 0. The standard InChI is InChI=1S/C18H28N4O3/c1-18(2,3)25-17(23)22-8-6-21(7-9-22)16-12-15(19-13-20-16)14-4-10-24-11-5-14/h12-14H,4-11H2,1-3H3. The molecule has 3 rings (SSSR count). The molecule has 3 heterocycles. The average Bonchev–Trinajstić information content (AvgIpc) is 2.61. The second-order valence-electron chi connectivity index (χ2n) is 7.64. The van der Waals surface area contributed by atoms with E-state index in [0.717, 1.165) is 50.7 Å². The number of carbonyl (C=O) groups excluding carboxylic acids is 1. The molecule has 0 radical (unpaired) electrons. The Morgan fingerprint density at radius 3 is 2.48 bits per heavy atom. The summed E-state index contributed by atoms with van der Waals surface area (Å²) in [6, 6.07) is 2.10. The van der Waals surface area contributed by atoms with E-state index in [0.29, 0.717) is 19.0 Å². The number of hydrogen-bond acceptors (Lipinski definition) is 6. The number of piperazine rings is 1. The average molecular weight is 348 g/mol. The number of ether oxygens (including phenoxy) is 2. The Morgan fingerprint density at radius 2 is 1.84 bits per heavy atom. The Kier molecular flexibility index (Phi) is 5.42. The van der Waals surface area contributed by atoms with Gasteiger partial charge in [0, 0.05) is 57.1 Å². The van der Waals surface area contributed by atoms with Crippen molar-refractivity contribution in [3.05, 3.63) is 18.1 Å². The van der Waals surface area contributed by atoms with Crippen molar-refractivity contribution in [3.63, 3.8) is 0 Å². The number of nitrogens with zero attached hydrogens (tertiary/aromatic N) is 4. The smallest absolute Gasteiger partial charge is 0.410 e. The van der Waals surface area contributed by atoms with Crippen LogP contribution in [0.2, 0.25) is 0 Å². The van der Waals surface area contributed by atoms with Crippen molar-refractivity contribution in [1.82, 2.24) is 14.9 Å². The van der Waals surface area contributed by atoms with Gasteiger partial charge in [-0.25, -0.2) is 14.8 Å². The van der Waals surface area contributed by atoms with Gasteiger partial charge in [0.25, 0.3) is 0 Å². The van der Waals surface area contributed by atoms with Crippen LogP contribution in [0, 0.1) is 0 Å². The van der Waals surface area contributed by atoms with Gasteiger partial charge >= 0.3 is 6.09 Å². The maximum absolute atomic E-state index is 12.2. The molecule has 25 heavy (non-hydrogen) atoms. The molecular formula is C18H28N4O3. The molecule has 2 aliphatic rings. The quantitative estimate of drug-likeness (QED) is 0.818. The lowest BCUT2D eigenvalue weighted by Gasteiger charge is -2.36. The summed E-state index contributed by atoms with van der Waals surface area (Å²) in [6.45, 7) is 10.1. The van der Waals surface area contributed by atoms with Crippen LogP contribution in [0.15, 0.2) is 12.4 Å². The lowest BCUT2D eigenvalue weighted by Crippen LogP contribution is -2.50. The zero-order chi connectivity index (χ0) is 17.9. The van der Waals surface area contributed by atoms with Crippen molar-refractivity contribution in [2.24, 2.45) is 0 Å². The van der Waals surface area contributed by atoms with Crippen molar-refractivity contribution in [3.8, 4) is 0 Å². The second-order valence-corrected chi connectivity index (χ2v) is 7.64. The third-order valence-electron chi connectivity index (χ3n) is 4.57. The molecule has 7 nitrogen and oxygen atoms in total. The molecule has 1 aromatic heterocycles. The van der Waals surface area contributed by atoms with Crippen LogP contribution >= 0.6 is 0 Å². The predicted octanol–water partition coefficient (Wildman–Crippen LogP) is 2.43. The number of anilines is 1. The first-order valence-corrected chi connectivity index (χ1v) is 9.05. The van der Waals surface area contributed by atoms with E-state index in [-0.39, 0.29) is 6.09 Å². The summed E-state index contributed by atoms with van der Waals surface area (Å²) < 4.78 is 10.9. The lowest BCUT2D eigenvalue weighted by atomic mass is 9.96. The van der Waals surface area contributed by atoms with Gasteiger partial charge in [0.15, 0.2) is 0 Å². The molecule has 0 aliphatic carbocycles. The molecule has 0 spiro atoms. The van der Waals surface area contributed by atoms with Gasteiger partial charge in [-0.1, -0.05) is 0 Å². The van der Waals surface area contributed by atoms with Crippen LogP contribution in [0.1, 0.15) is 45.2 Å². The topological polar surface area (TPSA) is 67.8 Å². The molecule has 0 unspecified atom stereocenters. The summed E-state index contributed by atoms with van der Waals surface area (Å²) in [5.41, 5.74) is 0.641. The molecule has 0 aromatic carbocycles. The minimum atomic E-state index is -0.459. The first-order chi connectivity index (χ1) is 11.9. The zero-order valence-electron chi connectivity index (χ0n) is 15.4. The van der Waals surface area contributed by atoms with E-state index < -0.39 is 5.60 Å². The van der Waals surface area contributed by atoms with Gasteiger partial charge in [-0.2, -0.15) is 0 Å². The molecular weight excluding hydrogens is 320 g/mol. The van der Waals surface area contributed by atoms with E-state index >= 15 is 0 Å². The molecule has 7 heteroatoms. The highest BCUT2D eigenvalue weighted by molar-refractivity contribution is 5.68. The molecule has 138 valence electrons. The third-order valence-corrected chi connectivity index (χ3v) is 4.57. The van der Waals surface area contributed by atoms with Gasteiger partial charge in [0.05, 0.1) is 0 Å². The lowest BCUT2D eigenvalue weighted by molar-refractivity contribution is 0.0240. The molecule has 0 atom stereocenters. The predicted molar refractivity (Wildman–Crippen MR) is 94.8 cm³/mol. The highest BCUT2D eigenvalue weighted by atomic mass is 16.6. The van der Waals surface area contributed by atoms with E-state index in [9.17, 15) is 4.79 Å². The fourth-order valence-corrected chi connectivity index (χ4v) is 3.20. The van der Waals surface area contributed by atoms with Crippen LogP contribution in [0.25, 0.3) is 0 Å². The minimum Gasteiger partial charge on any atom is -0.444 e. The largest absolute Gasteiger partial charge is 0.444 e. The third kappa shape index (κ3) is 4.81. The van der Waals surface area contributed by atoms with Crippen LogP contribution in [-0.2, 0) is 9.47 Å². The normalized spacial score (nSPS) is 19.8. The molecule has 2 saturated heterocycles. The highest BCUT2D eigenvalue weighted by Gasteiger charge is 2.27. The Balaban J connectivity index is 1.58. The Morgan fingerprint density at radius 1 is 1.16 bits per heavy atom. The van der Waals surface area contributed by atoms with Gasteiger partial charge in [-0.15, -0.1) is 0 Å². The van der Waals surface area contributed by atoms with E-state index in [1.807, 2.05) is 20.8 Å². The van der Waals surface area contributed by atoms with Gasteiger partial charge < -0.3 is 19.3 Å². The van der Waals surface area contributed by atoms with Gasteiger partial charge in [-0.3, -0.25) is 0 Å². The highest BCUT2D eigenvalue weighted by Crippen LogP contribution is 2.27. The van der Waals surface area contributed by atoms with E-state index in [4.69, 9.17) is 9.47 Å². The van der Waals surface area contributed by atoms with Gasteiger partial charge in [0.1, 0.15) is 17.7 Å². The molecule has 0 bridgehead atoms. The maximum Gasteiger partial charge on any atom is 0.410 e. The molecule has 2 aliphatic heterocycles. The molecule has 0 saturated carbocycles. The van der Waals surface area contributed by atoms with Crippen molar-refractivity contribution in [2.75, 3.05) is 44.3 Å².